The molecule has 120 valence electrons. The first-order chi connectivity index (χ1) is 10.4. The van der Waals surface area contributed by atoms with Crippen molar-refractivity contribution in [1.82, 2.24) is 0 Å². The molecule has 2 fully saturated rings. The lowest BCUT2D eigenvalue weighted by Crippen LogP contribution is -2.23. The molecule has 2 aliphatic carbocycles. The van der Waals surface area contributed by atoms with E-state index in [-0.39, 0.29) is 11.8 Å². The van der Waals surface area contributed by atoms with Crippen molar-refractivity contribution in [3.8, 4) is 5.75 Å². The number of rotatable bonds is 3. The molecule has 0 radical (unpaired) electrons. The van der Waals surface area contributed by atoms with Crippen LogP contribution in [0.4, 0.5) is 18.9 Å². The second-order valence-corrected chi connectivity index (χ2v) is 6.00. The SMILES string of the molecule is NC(=NC1CC12CCCC2)Nc1ccc(OC(F)(F)F)cc1. The van der Waals surface area contributed by atoms with Crippen LogP contribution in [0.5, 0.6) is 5.75 Å². The van der Waals surface area contributed by atoms with Crippen molar-refractivity contribution in [2.45, 2.75) is 44.5 Å². The van der Waals surface area contributed by atoms with Gasteiger partial charge in [0.05, 0.1) is 6.04 Å². The van der Waals surface area contributed by atoms with E-state index < -0.39 is 6.36 Å². The number of anilines is 1. The Kier molecular flexibility index (Phi) is 3.66. The van der Waals surface area contributed by atoms with E-state index >= 15 is 0 Å². The van der Waals surface area contributed by atoms with Gasteiger partial charge in [0.15, 0.2) is 5.96 Å². The first-order valence-electron chi connectivity index (χ1n) is 7.32. The lowest BCUT2D eigenvalue weighted by Gasteiger charge is -2.10. The van der Waals surface area contributed by atoms with Crippen LogP contribution in [0.2, 0.25) is 0 Å². The molecule has 0 aliphatic heterocycles. The van der Waals surface area contributed by atoms with Crippen molar-refractivity contribution in [3.05, 3.63) is 24.3 Å². The van der Waals surface area contributed by atoms with Gasteiger partial charge in [-0.3, -0.25) is 0 Å². The van der Waals surface area contributed by atoms with Crippen LogP contribution < -0.4 is 15.8 Å². The lowest BCUT2D eigenvalue weighted by molar-refractivity contribution is -0.274. The highest BCUT2D eigenvalue weighted by Gasteiger charge is 2.55. The maximum atomic E-state index is 12.1. The van der Waals surface area contributed by atoms with Crippen LogP contribution in [-0.2, 0) is 0 Å². The van der Waals surface area contributed by atoms with Crippen molar-refractivity contribution >= 4 is 11.6 Å². The molecule has 7 heteroatoms. The van der Waals surface area contributed by atoms with Crippen molar-refractivity contribution in [2.75, 3.05) is 5.32 Å². The Morgan fingerprint density at radius 2 is 1.86 bits per heavy atom. The number of nitrogens with two attached hydrogens (primary N) is 1. The topological polar surface area (TPSA) is 59.6 Å². The smallest absolute Gasteiger partial charge is 0.406 e. The second-order valence-electron chi connectivity index (χ2n) is 6.00. The fourth-order valence-corrected chi connectivity index (χ4v) is 3.21. The van der Waals surface area contributed by atoms with E-state index in [1.165, 1.54) is 49.9 Å². The van der Waals surface area contributed by atoms with E-state index in [2.05, 4.69) is 15.0 Å². The summed E-state index contributed by atoms with van der Waals surface area (Å²) in [5.74, 6) is 0.0407. The first-order valence-corrected chi connectivity index (χ1v) is 7.32. The molecule has 22 heavy (non-hydrogen) atoms. The molecular weight excluding hydrogens is 295 g/mol. The Morgan fingerprint density at radius 3 is 2.45 bits per heavy atom. The summed E-state index contributed by atoms with van der Waals surface area (Å²) >= 11 is 0. The number of nitrogens with one attached hydrogen (secondary N) is 1. The molecule has 1 atom stereocenters. The minimum atomic E-state index is -4.68. The zero-order valence-corrected chi connectivity index (χ0v) is 12.0. The van der Waals surface area contributed by atoms with Crippen molar-refractivity contribution in [3.63, 3.8) is 0 Å². The minimum Gasteiger partial charge on any atom is -0.406 e. The fourth-order valence-electron chi connectivity index (χ4n) is 3.21. The van der Waals surface area contributed by atoms with Crippen LogP contribution in [-0.4, -0.2) is 18.4 Å². The molecule has 4 nitrogen and oxygen atoms in total. The van der Waals surface area contributed by atoms with Crippen molar-refractivity contribution < 1.29 is 17.9 Å². The fraction of sp³-hybridized carbons (Fsp3) is 0.533. The lowest BCUT2D eigenvalue weighted by atomic mass is 10.1. The van der Waals surface area contributed by atoms with E-state index in [4.69, 9.17) is 5.73 Å². The standard InChI is InChI=1S/C15H18F3N3O/c16-15(17,18)22-11-5-3-10(4-6-11)20-13(19)21-12-9-14(12)7-1-2-8-14/h3-6,12H,1-2,7-9H2,(H3,19,20,21). The Bertz CT molecular complexity index is 562. The van der Waals surface area contributed by atoms with Crippen molar-refractivity contribution in [1.29, 1.82) is 0 Å². The van der Waals surface area contributed by atoms with E-state index in [9.17, 15) is 13.2 Å². The van der Waals surface area contributed by atoms with E-state index in [0.29, 0.717) is 17.1 Å². The van der Waals surface area contributed by atoms with Gasteiger partial charge in [0.1, 0.15) is 5.75 Å². The normalized spacial score (nSPS) is 23.6. The maximum absolute atomic E-state index is 12.1. The van der Waals surface area contributed by atoms with Gasteiger partial charge < -0.3 is 15.8 Å². The summed E-state index contributed by atoms with van der Waals surface area (Å²) in [5.41, 5.74) is 6.82. The molecule has 0 saturated heterocycles. The third-order valence-corrected chi connectivity index (χ3v) is 4.40. The predicted octanol–water partition coefficient (Wildman–Crippen LogP) is 3.64. The second kappa shape index (κ2) is 5.37. The zero-order chi connectivity index (χ0) is 15.8. The average molecular weight is 313 g/mol. The summed E-state index contributed by atoms with van der Waals surface area (Å²) in [7, 11) is 0. The molecule has 0 heterocycles. The number of hydrogen-bond acceptors (Lipinski definition) is 2. The van der Waals surface area contributed by atoms with Gasteiger partial charge >= 0.3 is 6.36 Å². The number of hydrogen-bond donors (Lipinski definition) is 2. The Balaban J connectivity index is 1.56. The summed E-state index contributed by atoms with van der Waals surface area (Å²) in [5, 5.41) is 2.90. The molecule has 1 unspecified atom stereocenters. The first kappa shape index (κ1) is 15.0. The van der Waals surface area contributed by atoms with Gasteiger partial charge in [-0.15, -0.1) is 13.2 Å². The molecule has 1 spiro atoms. The molecule has 3 rings (SSSR count). The molecule has 0 aromatic heterocycles. The van der Waals surface area contributed by atoms with Crippen LogP contribution >= 0.6 is 0 Å². The summed E-state index contributed by atoms with van der Waals surface area (Å²) < 4.78 is 40.0. The van der Waals surface area contributed by atoms with Crippen LogP contribution in [0.1, 0.15) is 32.1 Å². The van der Waals surface area contributed by atoms with Gasteiger partial charge in [0.2, 0.25) is 0 Å². The van der Waals surface area contributed by atoms with Crippen molar-refractivity contribution in [2.24, 2.45) is 16.1 Å². The predicted molar refractivity (Wildman–Crippen MR) is 77.7 cm³/mol. The number of halogens is 3. The van der Waals surface area contributed by atoms with Gasteiger partial charge in [-0.1, -0.05) is 12.8 Å². The molecule has 2 saturated carbocycles. The highest BCUT2D eigenvalue weighted by molar-refractivity contribution is 5.92. The highest BCUT2D eigenvalue weighted by Crippen LogP contribution is 2.59. The quantitative estimate of drug-likeness (QED) is 0.661. The number of nitrogens with zero attached hydrogens (tertiary/aromatic N) is 1. The molecule has 0 bridgehead atoms. The van der Waals surface area contributed by atoms with E-state index in [0.717, 1.165) is 6.42 Å². The third kappa shape index (κ3) is 3.45. The number of ether oxygens (including phenoxy) is 1. The van der Waals surface area contributed by atoms with Gasteiger partial charge in [0, 0.05) is 5.69 Å². The molecule has 1 aromatic rings. The Morgan fingerprint density at radius 1 is 1.23 bits per heavy atom. The van der Waals surface area contributed by atoms with Crippen LogP contribution in [0.25, 0.3) is 0 Å². The van der Waals surface area contributed by atoms with Gasteiger partial charge in [-0.25, -0.2) is 4.99 Å². The third-order valence-electron chi connectivity index (χ3n) is 4.40. The summed E-state index contributed by atoms with van der Waals surface area (Å²) in [6.07, 6.45) is 1.38. The largest absolute Gasteiger partial charge is 0.573 e. The Hall–Kier alpha value is -1.92. The summed E-state index contributed by atoms with van der Waals surface area (Å²) in [6.45, 7) is 0. The van der Waals surface area contributed by atoms with Crippen LogP contribution in [0, 0.1) is 5.41 Å². The minimum absolute atomic E-state index is 0.263. The van der Waals surface area contributed by atoms with Gasteiger partial charge in [0.25, 0.3) is 0 Å². The number of alkyl halides is 3. The number of guanidine groups is 1. The molecule has 3 N–H and O–H groups in total. The average Bonchev–Trinajstić information content (AvgIpc) is 2.85. The molecule has 0 amide bonds. The van der Waals surface area contributed by atoms with Gasteiger partial charge in [-0.2, -0.15) is 0 Å². The number of benzene rings is 1. The van der Waals surface area contributed by atoms with Crippen LogP contribution in [0.15, 0.2) is 29.3 Å². The Labute approximate surface area is 126 Å². The maximum Gasteiger partial charge on any atom is 0.573 e. The number of aliphatic imine (C=N–C) groups is 1. The highest BCUT2D eigenvalue weighted by atomic mass is 19.4. The monoisotopic (exact) mass is 313 g/mol. The molecule has 2 aliphatic rings. The molecule has 1 aromatic carbocycles. The summed E-state index contributed by atoms with van der Waals surface area (Å²) in [4.78, 5) is 4.47. The van der Waals surface area contributed by atoms with Gasteiger partial charge in [-0.05, 0) is 48.9 Å². The van der Waals surface area contributed by atoms with Crippen LogP contribution in [0.3, 0.4) is 0 Å². The summed E-state index contributed by atoms with van der Waals surface area (Å²) in [6, 6.07) is 5.70. The van der Waals surface area contributed by atoms with E-state index in [1.807, 2.05) is 0 Å². The molecular formula is C15H18F3N3O. The van der Waals surface area contributed by atoms with E-state index in [1.54, 1.807) is 0 Å². The zero-order valence-electron chi connectivity index (χ0n) is 12.0.